The average Bonchev–Trinajstić information content (AvgIpc) is 2.81. The SMILES string of the molecule is C=C(C)C(=O)Oc1ccc(O)c(OC(=O)CCc2cc(OC(=O)C(=C)C)c(C(=O)OCC)cc2O)c1. The van der Waals surface area contributed by atoms with Crippen LogP contribution in [0, 0.1) is 0 Å². The molecule has 0 aliphatic carbocycles. The second-order valence-electron chi connectivity index (χ2n) is 7.64. The van der Waals surface area contributed by atoms with E-state index in [0.29, 0.717) is 0 Å². The minimum atomic E-state index is -0.814. The molecule has 0 saturated heterocycles. The normalized spacial score (nSPS) is 10.2. The van der Waals surface area contributed by atoms with Gasteiger partial charge < -0.3 is 29.2 Å². The van der Waals surface area contributed by atoms with Crippen molar-refractivity contribution in [3.8, 4) is 28.7 Å². The Morgan fingerprint density at radius 1 is 0.833 bits per heavy atom. The number of benzene rings is 2. The summed E-state index contributed by atoms with van der Waals surface area (Å²) < 4.78 is 20.3. The van der Waals surface area contributed by atoms with E-state index in [1.54, 1.807) is 6.92 Å². The molecule has 2 N–H and O–H groups in total. The van der Waals surface area contributed by atoms with Crippen molar-refractivity contribution < 1.29 is 48.3 Å². The van der Waals surface area contributed by atoms with Gasteiger partial charge in [-0.2, -0.15) is 0 Å². The molecule has 36 heavy (non-hydrogen) atoms. The number of carbonyl (C=O) groups is 4. The smallest absolute Gasteiger partial charge is 0.342 e. The minimum Gasteiger partial charge on any atom is -0.508 e. The molecule has 0 aliphatic rings. The first-order chi connectivity index (χ1) is 16.9. The number of carbonyl (C=O) groups excluding carboxylic acids is 4. The molecule has 0 spiro atoms. The van der Waals surface area contributed by atoms with Crippen molar-refractivity contribution in [1.29, 1.82) is 0 Å². The highest BCUT2D eigenvalue weighted by Gasteiger charge is 2.21. The topological polar surface area (TPSA) is 146 Å². The molecule has 0 radical (unpaired) electrons. The van der Waals surface area contributed by atoms with Crippen molar-refractivity contribution in [3.63, 3.8) is 0 Å². The molecule has 0 amide bonds. The summed E-state index contributed by atoms with van der Waals surface area (Å²) in [6, 6.07) is 5.97. The summed E-state index contributed by atoms with van der Waals surface area (Å²) in [4.78, 5) is 48.3. The van der Waals surface area contributed by atoms with E-state index in [0.717, 1.165) is 12.1 Å². The predicted molar refractivity (Wildman–Crippen MR) is 127 cm³/mol. The van der Waals surface area contributed by atoms with Crippen molar-refractivity contribution in [3.05, 3.63) is 65.8 Å². The molecular formula is C26H26O10. The van der Waals surface area contributed by atoms with Gasteiger partial charge in [0.15, 0.2) is 11.5 Å². The monoisotopic (exact) mass is 498 g/mol. The molecule has 0 aromatic heterocycles. The van der Waals surface area contributed by atoms with Crippen LogP contribution in [-0.4, -0.2) is 40.7 Å². The molecule has 2 aromatic carbocycles. The maximum Gasteiger partial charge on any atom is 0.342 e. The zero-order valence-electron chi connectivity index (χ0n) is 20.1. The molecule has 2 aromatic rings. The summed E-state index contributed by atoms with van der Waals surface area (Å²) in [5.41, 5.74) is 0.238. The lowest BCUT2D eigenvalue weighted by Crippen LogP contribution is -2.14. The van der Waals surface area contributed by atoms with Crippen molar-refractivity contribution in [2.24, 2.45) is 0 Å². The second kappa shape index (κ2) is 12.2. The molecule has 0 unspecified atom stereocenters. The first kappa shape index (κ1) is 27.6. The van der Waals surface area contributed by atoms with Crippen molar-refractivity contribution >= 4 is 23.9 Å². The molecular weight excluding hydrogens is 472 g/mol. The molecule has 2 rings (SSSR count). The Hall–Kier alpha value is -4.60. The van der Waals surface area contributed by atoms with Crippen molar-refractivity contribution in [2.45, 2.75) is 33.6 Å². The highest BCUT2D eigenvalue weighted by molar-refractivity contribution is 5.96. The van der Waals surface area contributed by atoms with Gasteiger partial charge in [0.05, 0.1) is 13.0 Å². The molecule has 0 atom stereocenters. The largest absolute Gasteiger partial charge is 0.508 e. The van der Waals surface area contributed by atoms with Gasteiger partial charge in [-0.15, -0.1) is 0 Å². The number of aromatic hydroxyl groups is 2. The van der Waals surface area contributed by atoms with Crippen molar-refractivity contribution in [2.75, 3.05) is 6.61 Å². The number of phenolic OH excluding ortho intramolecular Hbond substituents is 2. The van der Waals surface area contributed by atoms with Gasteiger partial charge in [0.1, 0.15) is 22.8 Å². The Labute approximate surface area is 207 Å². The first-order valence-corrected chi connectivity index (χ1v) is 10.7. The number of esters is 4. The zero-order chi connectivity index (χ0) is 27.0. The lowest BCUT2D eigenvalue weighted by atomic mass is 10.0. The number of hydrogen-bond donors (Lipinski definition) is 2. The summed E-state index contributed by atoms with van der Waals surface area (Å²) in [6.45, 7) is 11.5. The fraction of sp³-hybridized carbons (Fsp3) is 0.231. The lowest BCUT2D eigenvalue weighted by Gasteiger charge is -2.13. The average molecular weight is 498 g/mol. The van der Waals surface area contributed by atoms with Gasteiger partial charge in [-0.25, -0.2) is 14.4 Å². The van der Waals surface area contributed by atoms with Crippen LogP contribution in [-0.2, 0) is 25.5 Å². The third kappa shape index (κ3) is 7.45. The predicted octanol–water partition coefficient (Wildman–Crippen LogP) is 3.78. The summed E-state index contributed by atoms with van der Waals surface area (Å²) in [5.74, 6) is -4.18. The van der Waals surface area contributed by atoms with Crippen LogP contribution in [0.15, 0.2) is 54.6 Å². The maximum atomic E-state index is 12.4. The number of phenols is 2. The standard InChI is InChI=1S/C26H26O10/c1-6-33-26(32)18-13-20(28)16(11-21(18)36-25(31)15(4)5)7-10-23(29)35-22-12-17(8-9-19(22)27)34-24(30)14(2)3/h8-9,11-13,27-28H,2,4,6-7,10H2,1,3,5H3. The van der Waals surface area contributed by atoms with E-state index in [1.165, 1.54) is 32.0 Å². The van der Waals surface area contributed by atoms with Crippen LogP contribution in [0.25, 0.3) is 0 Å². The van der Waals surface area contributed by atoms with E-state index in [-0.39, 0.29) is 70.5 Å². The molecule has 0 fully saturated rings. The van der Waals surface area contributed by atoms with Gasteiger partial charge in [-0.05, 0) is 57.0 Å². The van der Waals surface area contributed by atoms with Gasteiger partial charge in [0, 0.05) is 17.2 Å². The Bertz CT molecular complexity index is 1230. The molecule has 0 bridgehead atoms. The third-order valence-electron chi connectivity index (χ3n) is 4.54. The van der Waals surface area contributed by atoms with E-state index >= 15 is 0 Å². The highest BCUT2D eigenvalue weighted by Crippen LogP contribution is 2.33. The van der Waals surface area contributed by atoms with Gasteiger partial charge in [0.25, 0.3) is 0 Å². The number of rotatable bonds is 10. The molecule has 10 heteroatoms. The third-order valence-corrected chi connectivity index (χ3v) is 4.54. The van der Waals surface area contributed by atoms with Crippen LogP contribution in [0.5, 0.6) is 28.7 Å². The van der Waals surface area contributed by atoms with E-state index in [2.05, 4.69) is 13.2 Å². The molecule has 0 aliphatic heterocycles. The fourth-order valence-corrected chi connectivity index (χ4v) is 2.69. The van der Waals surface area contributed by atoms with Crippen LogP contribution in [0.3, 0.4) is 0 Å². The van der Waals surface area contributed by atoms with E-state index in [9.17, 15) is 29.4 Å². The number of aryl methyl sites for hydroxylation is 1. The Kier molecular flexibility index (Phi) is 9.37. The fourth-order valence-electron chi connectivity index (χ4n) is 2.69. The number of ether oxygens (including phenoxy) is 4. The molecule has 10 nitrogen and oxygen atoms in total. The molecule has 0 saturated carbocycles. The van der Waals surface area contributed by atoms with E-state index in [1.807, 2.05) is 0 Å². The quantitative estimate of drug-likeness (QED) is 0.282. The van der Waals surface area contributed by atoms with Gasteiger partial charge in [-0.1, -0.05) is 13.2 Å². The number of hydrogen-bond acceptors (Lipinski definition) is 10. The summed E-state index contributed by atoms with van der Waals surface area (Å²) in [7, 11) is 0. The summed E-state index contributed by atoms with van der Waals surface area (Å²) >= 11 is 0. The Morgan fingerprint density at radius 2 is 1.47 bits per heavy atom. The Balaban J connectivity index is 2.19. The van der Waals surface area contributed by atoms with E-state index < -0.39 is 23.9 Å². The summed E-state index contributed by atoms with van der Waals surface area (Å²) in [5, 5.41) is 20.3. The summed E-state index contributed by atoms with van der Waals surface area (Å²) in [6.07, 6.45) is -0.341. The highest BCUT2D eigenvalue weighted by atomic mass is 16.6. The van der Waals surface area contributed by atoms with Crippen LogP contribution in [0.1, 0.15) is 43.1 Å². The molecule has 190 valence electrons. The Morgan fingerprint density at radius 3 is 2.08 bits per heavy atom. The molecule has 0 heterocycles. The second-order valence-corrected chi connectivity index (χ2v) is 7.64. The van der Waals surface area contributed by atoms with Crippen LogP contribution < -0.4 is 14.2 Å². The maximum absolute atomic E-state index is 12.4. The van der Waals surface area contributed by atoms with Crippen LogP contribution >= 0.6 is 0 Å². The lowest BCUT2D eigenvalue weighted by molar-refractivity contribution is -0.134. The zero-order valence-corrected chi connectivity index (χ0v) is 20.1. The first-order valence-electron chi connectivity index (χ1n) is 10.7. The van der Waals surface area contributed by atoms with E-state index in [4.69, 9.17) is 18.9 Å². The van der Waals surface area contributed by atoms with Gasteiger partial charge >= 0.3 is 23.9 Å². The van der Waals surface area contributed by atoms with Gasteiger partial charge in [0.2, 0.25) is 0 Å². The van der Waals surface area contributed by atoms with Crippen molar-refractivity contribution in [1.82, 2.24) is 0 Å². The van der Waals surface area contributed by atoms with Crippen LogP contribution in [0.2, 0.25) is 0 Å². The van der Waals surface area contributed by atoms with Crippen LogP contribution in [0.4, 0.5) is 0 Å². The minimum absolute atomic E-state index is 0.0276. The van der Waals surface area contributed by atoms with Gasteiger partial charge in [-0.3, -0.25) is 4.79 Å².